The zero-order chi connectivity index (χ0) is 42.9. The van der Waals surface area contributed by atoms with Gasteiger partial charge in [0.15, 0.2) is 0 Å². The van der Waals surface area contributed by atoms with E-state index in [0.29, 0.717) is 19.3 Å². The van der Waals surface area contributed by atoms with Gasteiger partial charge < -0.3 is 46.5 Å². The number of nitrogens with one attached hydrogen (secondary N) is 6. The Balaban J connectivity index is 1.37. The van der Waals surface area contributed by atoms with Crippen molar-refractivity contribution in [2.24, 2.45) is 5.92 Å². The Kier molecular flexibility index (Phi) is 14.2. The molecule has 4 heterocycles. The van der Waals surface area contributed by atoms with Crippen molar-refractivity contribution in [1.82, 2.24) is 41.4 Å². The van der Waals surface area contributed by atoms with Crippen molar-refractivity contribution in [3.63, 3.8) is 0 Å². The minimum Gasteiger partial charge on any atom is -0.481 e. The summed E-state index contributed by atoms with van der Waals surface area (Å²) < 4.78 is 0. The number of carbonyl (C=O) groups is 8. The lowest BCUT2D eigenvalue weighted by Gasteiger charge is -2.31. The van der Waals surface area contributed by atoms with E-state index in [1.807, 2.05) is 44.2 Å². The first-order chi connectivity index (χ1) is 28.8. The van der Waals surface area contributed by atoms with Crippen LogP contribution >= 0.6 is 0 Å². The van der Waals surface area contributed by atoms with Crippen LogP contribution in [0.3, 0.4) is 0 Å². The number of fused-ring (bicyclic) bond motifs is 3. The van der Waals surface area contributed by atoms with Gasteiger partial charge in [-0.3, -0.25) is 38.4 Å². The second-order valence-electron chi connectivity index (χ2n) is 16.2. The molecule has 3 aromatic rings. The number of carboxylic acids is 1. The number of para-hydroxylation sites is 1. The van der Waals surface area contributed by atoms with Crippen LogP contribution < -0.4 is 26.6 Å². The van der Waals surface area contributed by atoms with Crippen molar-refractivity contribution in [1.29, 1.82) is 0 Å². The number of aromatic nitrogens is 1. The molecule has 60 heavy (non-hydrogen) atoms. The molecule has 0 saturated carbocycles. The summed E-state index contributed by atoms with van der Waals surface area (Å²) in [6.07, 6.45) is 2.71. The van der Waals surface area contributed by atoms with Crippen LogP contribution in [0.2, 0.25) is 0 Å². The van der Waals surface area contributed by atoms with Crippen LogP contribution in [0.15, 0.2) is 60.8 Å². The number of hydrogen-bond donors (Lipinski definition) is 7. The number of carbonyl (C=O) groups excluding carboxylic acids is 7. The van der Waals surface area contributed by atoms with Crippen LogP contribution in [-0.2, 0) is 51.2 Å². The molecule has 320 valence electrons. The molecular weight excluding hydrogens is 773 g/mol. The maximum atomic E-state index is 14.7. The molecule has 3 fully saturated rings. The van der Waals surface area contributed by atoms with E-state index < -0.39 is 96.5 Å². The fraction of sp³-hybridized carbons (Fsp3) is 0.488. The zero-order valence-corrected chi connectivity index (χ0v) is 33.9. The quantitative estimate of drug-likeness (QED) is 0.162. The fourth-order valence-corrected chi connectivity index (χ4v) is 8.33. The molecule has 7 N–H and O–H groups in total. The highest BCUT2D eigenvalue weighted by atomic mass is 16.4. The van der Waals surface area contributed by atoms with Gasteiger partial charge in [0.25, 0.3) is 0 Å². The SMILES string of the molecule is CC(C)CC1NC(=O)C(CCC(=O)O)NC(=O)C2CCCN2C(=O)CNC(=O)C(Cc2ccccc2)NC(=O)C2CCCN2C(=O)C(Cc2c[nH]c3ccccc23)NC1=O. The summed E-state index contributed by atoms with van der Waals surface area (Å²) in [5.74, 6) is -5.83. The van der Waals surface area contributed by atoms with Gasteiger partial charge in [0.2, 0.25) is 41.4 Å². The number of carboxylic acid groups (broad SMARTS) is 1. The first-order valence-electron chi connectivity index (χ1n) is 20.7. The number of benzene rings is 2. The molecule has 3 aliphatic heterocycles. The summed E-state index contributed by atoms with van der Waals surface area (Å²) in [6, 6.07) is 9.59. The first-order valence-corrected chi connectivity index (χ1v) is 20.7. The summed E-state index contributed by atoms with van der Waals surface area (Å²) in [6.45, 7) is 3.61. The van der Waals surface area contributed by atoms with Gasteiger partial charge in [-0.25, -0.2) is 0 Å². The van der Waals surface area contributed by atoms with E-state index >= 15 is 0 Å². The Morgan fingerprint density at radius 1 is 0.700 bits per heavy atom. The van der Waals surface area contributed by atoms with E-state index in [2.05, 4.69) is 31.6 Å². The number of amides is 7. The molecule has 6 unspecified atom stereocenters. The first kappa shape index (κ1) is 43.3. The molecular formula is C43H54N8O9. The molecule has 3 aliphatic rings. The molecule has 3 saturated heterocycles. The number of aliphatic carboxylic acids is 1. The van der Waals surface area contributed by atoms with E-state index in [9.17, 15) is 43.5 Å². The van der Waals surface area contributed by atoms with Crippen molar-refractivity contribution >= 4 is 58.2 Å². The Labute approximate surface area is 347 Å². The van der Waals surface area contributed by atoms with Crippen LogP contribution in [-0.4, -0.2) is 123 Å². The van der Waals surface area contributed by atoms with E-state index in [4.69, 9.17) is 0 Å². The number of rotatable bonds is 9. The molecule has 17 nitrogen and oxygen atoms in total. The molecule has 7 amide bonds. The van der Waals surface area contributed by atoms with Crippen LogP contribution in [0.25, 0.3) is 10.9 Å². The molecule has 0 aliphatic carbocycles. The lowest BCUT2D eigenvalue weighted by molar-refractivity contribution is -0.142. The third-order valence-corrected chi connectivity index (χ3v) is 11.4. The van der Waals surface area contributed by atoms with Gasteiger partial charge in [0, 0.05) is 49.5 Å². The molecule has 6 atom stereocenters. The summed E-state index contributed by atoms with van der Waals surface area (Å²) in [5.41, 5.74) is 2.28. The Morgan fingerprint density at radius 3 is 2.00 bits per heavy atom. The van der Waals surface area contributed by atoms with Gasteiger partial charge in [-0.05, 0) is 61.6 Å². The Bertz CT molecular complexity index is 2090. The lowest BCUT2D eigenvalue weighted by Crippen LogP contribution is -2.60. The maximum absolute atomic E-state index is 14.7. The van der Waals surface area contributed by atoms with Gasteiger partial charge in [0.1, 0.15) is 36.3 Å². The number of hydrogen-bond acceptors (Lipinski definition) is 8. The van der Waals surface area contributed by atoms with Crippen LogP contribution in [0.5, 0.6) is 0 Å². The van der Waals surface area contributed by atoms with Crippen molar-refractivity contribution < 1.29 is 43.5 Å². The van der Waals surface area contributed by atoms with Gasteiger partial charge in [-0.2, -0.15) is 0 Å². The summed E-state index contributed by atoms with van der Waals surface area (Å²) in [7, 11) is 0. The monoisotopic (exact) mass is 826 g/mol. The van der Waals surface area contributed by atoms with Gasteiger partial charge in [0.05, 0.1) is 6.54 Å². The van der Waals surface area contributed by atoms with E-state index in [1.54, 1.807) is 30.5 Å². The smallest absolute Gasteiger partial charge is 0.303 e. The lowest BCUT2D eigenvalue weighted by atomic mass is 9.99. The van der Waals surface area contributed by atoms with Crippen molar-refractivity contribution in [3.8, 4) is 0 Å². The van der Waals surface area contributed by atoms with Gasteiger partial charge in [-0.15, -0.1) is 0 Å². The fourth-order valence-electron chi connectivity index (χ4n) is 8.33. The number of H-pyrrole nitrogens is 1. The second kappa shape index (κ2) is 19.7. The van der Waals surface area contributed by atoms with E-state index in [1.165, 1.54) is 9.80 Å². The highest BCUT2D eigenvalue weighted by Crippen LogP contribution is 2.24. The van der Waals surface area contributed by atoms with Gasteiger partial charge in [-0.1, -0.05) is 62.4 Å². The standard InChI is InChI=1S/C43H54N8O9/c1-25(2)20-31-40(57)49-33(22-27-23-44-29-13-7-6-12-28(27)29)43(60)51-19-9-15-35(51)42(59)48-32(21-26-10-4-3-5-11-26)38(55)45-24-36(52)50-18-8-14-34(50)41(58)46-30(39(56)47-31)16-17-37(53)54/h3-7,10-13,23,25,30-35,44H,8-9,14-22,24H2,1-2H3,(H,45,55)(H,46,58)(H,47,56)(H,48,59)(H,49,57)(H,53,54). The third kappa shape index (κ3) is 10.7. The summed E-state index contributed by atoms with van der Waals surface area (Å²) in [4.78, 5) is 116. The molecule has 6 rings (SSSR count). The van der Waals surface area contributed by atoms with Crippen molar-refractivity contribution in [2.45, 2.75) is 108 Å². The van der Waals surface area contributed by atoms with Crippen LogP contribution in [0.4, 0.5) is 0 Å². The molecule has 1 aromatic heterocycles. The topological polar surface area (TPSA) is 239 Å². The zero-order valence-electron chi connectivity index (χ0n) is 33.9. The second-order valence-corrected chi connectivity index (χ2v) is 16.2. The minimum atomic E-state index is -1.38. The molecule has 0 bridgehead atoms. The maximum Gasteiger partial charge on any atom is 0.303 e. The molecule has 0 radical (unpaired) electrons. The Hall–Kier alpha value is -6.26. The predicted octanol–water partition coefficient (Wildman–Crippen LogP) is 0.915. The third-order valence-electron chi connectivity index (χ3n) is 11.4. The molecule has 0 spiro atoms. The highest BCUT2D eigenvalue weighted by molar-refractivity contribution is 5.99. The van der Waals surface area contributed by atoms with Crippen molar-refractivity contribution in [2.75, 3.05) is 19.6 Å². The molecule has 2 aromatic carbocycles. The summed E-state index contributed by atoms with van der Waals surface area (Å²) in [5, 5.41) is 24.0. The largest absolute Gasteiger partial charge is 0.481 e. The van der Waals surface area contributed by atoms with E-state index in [-0.39, 0.29) is 51.1 Å². The Morgan fingerprint density at radius 2 is 1.30 bits per heavy atom. The molecule has 17 heteroatoms. The predicted molar refractivity (Wildman–Crippen MR) is 219 cm³/mol. The minimum absolute atomic E-state index is 0.0318. The normalized spacial score (nSPS) is 25.1. The van der Waals surface area contributed by atoms with Crippen LogP contribution in [0, 0.1) is 5.92 Å². The highest BCUT2D eigenvalue weighted by Gasteiger charge is 2.41. The average molecular weight is 827 g/mol. The van der Waals surface area contributed by atoms with Crippen LogP contribution in [0.1, 0.15) is 69.9 Å². The average Bonchev–Trinajstić information content (AvgIpc) is 4.01. The summed E-state index contributed by atoms with van der Waals surface area (Å²) >= 11 is 0. The van der Waals surface area contributed by atoms with Crippen molar-refractivity contribution in [3.05, 3.63) is 71.9 Å². The van der Waals surface area contributed by atoms with Gasteiger partial charge >= 0.3 is 5.97 Å². The number of aromatic amines is 1. The number of nitrogens with zero attached hydrogens (tertiary/aromatic N) is 2. The van der Waals surface area contributed by atoms with E-state index in [0.717, 1.165) is 22.0 Å².